The second-order valence-electron chi connectivity index (χ2n) is 4.21. The lowest BCUT2D eigenvalue weighted by Gasteiger charge is -2.06. The smallest absolute Gasteiger partial charge is 0.128 e. The molecule has 0 spiro atoms. The van der Waals surface area contributed by atoms with Crippen molar-refractivity contribution in [2.24, 2.45) is 0 Å². The highest BCUT2D eigenvalue weighted by atomic mass is 35.5. The standard InChI is InChI=1S/C13H16ClFN2/c1-3-6-17-12-7-9(2)10(15)8-11(12)16-13(17)4-5-14/h7-8H,3-6H2,1-2H3. The molecule has 0 saturated heterocycles. The van der Waals surface area contributed by atoms with Crippen LogP contribution in [0.4, 0.5) is 4.39 Å². The molecule has 4 heteroatoms. The molecule has 0 fully saturated rings. The average molecular weight is 255 g/mol. The van der Waals surface area contributed by atoms with Crippen LogP contribution in [0.5, 0.6) is 0 Å². The summed E-state index contributed by atoms with van der Waals surface area (Å²) in [5.74, 6) is 1.28. The van der Waals surface area contributed by atoms with Crippen molar-refractivity contribution in [1.82, 2.24) is 9.55 Å². The first-order valence-electron chi connectivity index (χ1n) is 5.88. The second kappa shape index (κ2) is 5.05. The molecule has 1 heterocycles. The zero-order chi connectivity index (χ0) is 12.4. The second-order valence-corrected chi connectivity index (χ2v) is 4.59. The Labute approximate surface area is 105 Å². The molecular weight excluding hydrogens is 239 g/mol. The van der Waals surface area contributed by atoms with Gasteiger partial charge in [-0.05, 0) is 25.0 Å². The van der Waals surface area contributed by atoms with Crippen molar-refractivity contribution in [1.29, 1.82) is 0 Å². The number of aryl methyl sites for hydroxylation is 3. The third-order valence-electron chi connectivity index (χ3n) is 2.87. The van der Waals surface area contributed by atoms with Crippen LogP contribution in [0.25, 0.3) is 11.0 Å². The first-order valence-corrected chi connectivity index (χ1v) is 6.42. The molecule has 0 radical (unpaired) electrons. The van der Waals surface area contributed by atoms with E-state index >= 15 is 0 Å². The van der Waals surface area contributed by atoms with Gasteiger partial charge in [0.15, 0.2) is 0 Å². The number of hydrogen-bond donors (Lipinski definition) is 0. The number of rotatable bonds is 4. The van der Waals surface area contributed by atoms with E-state index in [4.69, 9.17) is 11.6 Å². The van der Waals surface area contributed by atoms with E-state index in [2.05, 4.69) is 16.5 Å². The number of aromatic nitrogens is 2. The molecule has 0 atom stereocenters. The molecule has 0 aliphatic heterocycles. The quantitative estimate of drug-likeness (QED) is 0.761. The molecule has 0 amide bonds. The molecule has 2 rings (SSSR count). The van der Waals surface area contributed by atoms with E-state index in [1.54, 1.807) is 6.92 Å². The van der Waals surface area contributed by atoms with Crippen LogP contribution in [0.2, 0.25) is 0 Å². The summed E-state index contributed by atoms with van der Waals surface area (Å²) < 4.78 is 15.6. The van der Waals surface area contributed by atoms with Crippen molar-refractivity contribution >= 4 is 22.6 Å². The molecule has 0 N–H and O–H groups in total. The molecule has 2 nitrogen and oxygen atoms in total. The molecule has 0 bridgehead atoms. The van der Waals surface area contributed by atoms with Crippen molar-refractivity contribution in [2.75, 3.05) is 5.88 Å². The van der Waals surface area contributed by atoms with Gasteiger partial charge in [0.1, 0.15) is 11.6 Å². The summed E-state index contributed by atoms with van der Waals surface area (Å²) in [5, 5.41) is 0. The van der Waals surface area contributed by atoms with Crippen molar-refractivity contribution < 1.29 is 4.39 Å². The van der Waals surface area contributed by atoms with E-state index in [0.29, 0.717) is 11.4 Å². The van der Waals surface area contributed by atoms with Gasteiger partial charge in [0.2, 0.25) is 0 Å². The SMILES string of the molecule is CCCn1c(CCCl)nc2cc(F)c(C)cc21. The van der Waals surface area contributed by atoms with E-state index in [9.17, 15) is 4.39 Å². The normalized spacial score (nSPS) is 11.3. The van der Waals surface area contributed by atoms with E-state index in [0.717, 1.165) is 36.2 Å². The Morgan fingerprint density at radius 1 is 1.41 bits per heavy atom. The number of nitrogens with zero attached hydrogens (tertiary/aromatic N) is 2. The molecule has 0 aliphatic carbocycles. The van der Waals surface area contributed by atoms with E-state index in [-0.39, 0.29) is 5.82 Å². The van der Waals surface area contributed by atoms with Gasteiger partial charge in [0, 0.05) is 24.9 Å². The lowest BCUT2D eigenvalue weighted by Crippen LogP contribution is -2.04. The first kappa shape index (κ1) is 12.4. The van der Waals surface area contributed by atoms with Crippen LogP contribution >= 0.6 is 11.6 Å². The molecule has 0 aliphatic rings. The molecule has 17 heavy (non-hydrogen) atoms. The summed E-state index contributed by atoms with van der Waals surface area (Å²) in [6.07, 6.45) is 1.74. The van der Waals surface area contributed by atoms with Gasteiger partial charge in [-0.1, -0.05) is 6.92 Å². The largest absolute Gasteiger partial charge is 0.328 e. The van der Waals surface area contributed by atoms with Crippen LogP contribution in [-0.4, -0.2) is 15.4 Å². The van der Waals surface area contributed by atoms with Gasteiger partial charge in [-0.15, -0.1) is 11.6 Å². The maximum atomic E-state index is 13.5. The lowest BCUT2D eigenvalue weighted by molar-refractivity contribution is 0.619. The Morgan fingerprint density at radius 2 is 2.18 bits per heavy atom. The van der Waals surface area contributed by atoms with Gasteiger partial charge in [-0.25, -0.2) is 9.37 Å². The van der Waals surface area contributed by atoms with Crippen LogP contribution < -0.4 is 0 Å². The first-order chi connectivity index (χ1) is 8.17. The van der Waals surface area contributed by atoms with Crippen LogP contribution in [0, 0.1) is 12.7 Å². The molecule has 92 valence electrons. The molecular formula is C13H16ClFN2. The summed E-state index contributed by atoms with van der Waals surface area (Å²) in [6, 6.07) is 3.37. The fourth-order valence-electron chi connectivity index (χ4n) is 2.05. The fraction of sp³-hybridized carbons (Fsp3) is 0.462. The van der Waals surface area contributed by atoms with Crippen molar-refractivity contribution in [3.05, 3.63) is 29.3 Å². The highest BCUT2D eigenvalue weighted by molar-refractivity contribution is 6.17. The number of hydrogen-bond acceptors (Lipinski definition) is 1. The molecule has 2 aromatic rings. The minimum Gasteiger partial charge on any atom is -0.328 e. The summed E-state index contributed by atoms with van der Waals surface area (Å²) >= 11 is 5.77. The zero-order valence-electron chi connectivity index (χ0n) is 10.1. The maximum Gasteiger partial charge on any atom is 0.128 e. The molecule has 1 aromatic carbocycles. The minimum absolute atomic E-state index is 0.198. The number of alkyl halides is 1. The van der Waals surface area contributed by atoms with Crippen molar-refractivity contribution in [3.63, 3.8) is 0 Å². The van der Waals surface area contributed by atoms with E-state index < -0.39 is 0 Å². The molecule has 0 saturated carbocycles. The minimum atomic E-state index is -0.198. The molecule has 0 unspecified atom stereocenters. The van der Waals surface area contributed by atoms with Gasteiger partial charge >= 0.3 is 0 Å². The third-order valence-corrected chi connectivity index (χ3v) is 3.06. The van der Waals surface area contributed by atoms with Crippen LogP contribution in [0.3, 0.4) is 0 Å². The van der Waals surface area contributed by atoms with Gasteiger partial charge in [0.05, 0.1) is 11.0 Å². The number of fused-ring (bicyclic) bond motifs is 1. The summed E-state index contributed by atoms with van der Waals surface area (Å²) in [7, 11) is 0. The van der Waals surface area contributed by atoms with E-state index in [1.807, 2.05) is 6.07 Å². The Hall–Kier alpha value is -1.09. The Kier molecular flexibility index (Phi) is 3.67. The fourth-order valence-corrected chi connectivity index (χ4v) is 2.22. The van der Waals surface area contributed by atoms with Crippen molar-refractivity contribution in [3.8, 4) is 0 Å². The Balaban J connectivity index is 2.62. The number of halogens is 2. The van der Waals surface area contributed by atoms with Gasteiger partial charge in [-0.2, -0.15) is 0 Å². The summed E-state index contributed by atoms with van der Waals surface area (Å²) in [5.41, 5.74) is 2.39. The van der Waals surface area contributed by atoms with Crippen LogP contribution in [0.1, 0.15) is 24.7 Å². The lowest BCUT2D eigenvalue weighted by atomic mass is 10.2. The average Bonchev–Trinajstić information content (AvgIpc) is 2.59. The van der Waals surface area contributed by atoms with Gasteiger partial charge in [0.25, 0.3) is 0 Å². The summed E-state index contributed by atoms with van der Waals surface area (Å²) in [6.45, 7) is 4.79. The van der Waals surface area contributed by atoms with Crippen LogP contribution in [-0.2, 0) is 13.0 Å². The highest BCUT2D eigenvalue weighted by Crippen LogP contribution is 2.21. The number of benzene rings is 1. The van der Waals surface area contributed by atoms with Crippen LogP contribution in [0.15, 0.2) is 12.1 Å². The summed E-state index contributed by atoms with van der Waals surface area (Å²) in [4.78, 5) is 4.46. The number of imidazole rings is 1. The van der Waals surface area contributed by atoms with E-state index in [1.165, 1.54) is 6.07 Å². The Morgan fingerprint density at radius 3 is 2.82 bits per heavy atom. The topological polar surface area (TPSA) is 17.8 Å². The van der Waals surface area contributed by atoms with Gasteiger partial charge < -0.3 is 4.57 Å². The predicted molar refractivity (Wildman–Crippen MR) is 69.1 cm³/mol. The highest BCUT2D eigenvalue weighted by Gasteiger charge is 2.11. The maximum absolute atomic E-state index is 13.5. The Bertz CT molecular complexity index is 534. The predicted octanol–water partition coefficient (Wildman–Crippen LogP) is 3.68. The van der Waals surface area contributed by atoms with Gasteiger partial charge in [-0.3, -0.25) is 0 Å². The van der Waals surface area contributed by atoms with Crippen molar-refractivity contribution in [2.45, 2.75) is 33.2 Å². The zero-order valence-corrected chi connectivity index (χ0v) is 10.9. The third kappa shape index (κ3) is 2.29. The monoisotopic (exact) mass is 254 g/mol. The molecule has 1 aromatic heterocycles.